The van der Waals surface area contributed by atoms with Gasteiger partial charge in [-0.15, -0.1) is 0 Å². The van der Waals surface area contributed by atoms with Crippen LogP contribution in [-0.4, -0.2) is 39.6 Å². The van der Waals surface area contributed by atoms with E-state index in [2.05, 4.69) is 0 Å². The molecule has 1 aromatic heterocycles. The highest BCUT2D eigenvalue weighted by Gasteiger charge is 2.37. The minimum absolute atomic E-state index is 0.114. The molecule has 1 aliphatic rings. The molecule has 3 aromatic rings. The van der Waals surface area contributed by atoms with Gasteiger partial charge in [0, 0.05) is 21.5 Å². The van der Waals surface area contributed by atoms with Crippen LogP contribution in [0.1, 0.15) is 64.0 Å². The molecule has 2 heterocycles. The second kappa shape index (κ2) is 10.2. The average molecular weight is 571 g/mol. The van der Waals surface area contributed by atoms with Gasteiger partial charge in [0.15, 0.2) is 0 Å². The molecule has 1 fully saturated rings. The first-order valence-electron chi connectivity index (χ1n) is 12.2. The lowest BCUT2D eigenvalue weighted by molar-refractivity contribution is -0.120. The number of esters is 1. The molecular weight excluding hydrogens is 543 g/mol. The fraction of sp³-hybridized carbons (Fsp3) is 0.310. The second-order valence-corrected chi connectivity index (χ2v) is 11.9. The molecule has 0 radical (unpaired) electrons. The smallest absolute Gasteiger partial charge is 0.419 e. The van der Waals surface area contributed by atoms with Crippen molar-refractivity contribution in [2.45, 2.75) is 59.2 Å². The number of anilines is 1. The predicted molar refractivity (Wildman–Crippen MR) is 150 cm³/mol. The number of hydrogen-bond acceptors (Lipinski definition) is 6. The van der Waals surface area contributed by atoms with Crippen molar-refractivity contribution >= 4 is 69.7 Å². The maximum Gasteiger partial charge on any atom is 0.419 e. The van der Waals surface area contributed by atoms with E-state index < -0.39 is 35.1 Å². The fourth-order valence-electron chi connectivity index (χ4n) is 4.23. The summed E-state index contributed by atoms with van der Waals surface area (Å²) in [5.41, 5.74) is -1.16. The van der Waals surface area contributed by atoms with Gasteiger partial charge in [-0.2, -0.15) is 0 Å². The van der Waals surface area contributed by atoms with Gasteiger partial charge in [-0.25, -0.2) is 19.1 Å². The number of carbonyl (C=O) groups excluding carboxylic acids is 4. The summed E-state index contributed by atoms with van der Waals surface area (Å²) in [6, 6.07) is 11.4. The Labute approximate surface area is 236 Å². The highest BCUT2D eigenvalue weighted by atomic mass is 35.5. The minimum atomic E-state index is -0.915. The number of fused-ring (bicyclic) bond motifs is 1. The van der Waals surface area contributed by atoms with Gasteiger partial charge >= 0.3 is 12.1 Å². The Morgan fingerprint density at radius 3 is 2.13 bits per heavy atom. The number of hydrogen-bond donors (Lipinski definition) is 0. The average Bonchev–Trinajstić information content (AvgIpc) is 3.25. The molecule has 4 rings (SSSR count). The molecule has 0 bridgehead atoms. The second-order valence-electron chi connectivity index (χ2n) is 11.1. The molecule has 2 aromatic carbocycles. The van der Waals surface area contributed by atoms with Crippen molar-refractivity contribution in [3.05, 3.63) is 69.3 Å². The van der Waals surface area contributed by atoms with Crippen LogP contribution in [0.25, 0.3) is 17.0 Å². The lowest BCUT2D eigenvalue weighted by atomic mass is 10.1. The molecule has 2 amide bonds. The summed E-state index contributed by atoms with van der Waals surface area (Å²) < 4.78 is 12.3. The highest BCUT2D eigenvalue weighted by Crippen LogP contribution is 2.39. The summed E-state index contributed by atoms with van der Waals surface area (Å²) in [7, 11) is 0. The van der Waals surface area contributed by atoms with Crippen LogP contribution in [0.5, 0.6) is 0 Å². The van der Waals surface area contributed by atoms with Crippen LogP contribution in [0, 0.1) is 0 Å². The number of benzene rings is 2. The van der Waals surface area contributed by atoms with Crippen molar-refractivity contribution < 1.29 is 28.7 Å². The van der Waals surface area contributed by atoms with Gasteiger partial charge in [-0.1, -0.05) is 41.4 Å². The van der Waals surface area contributed by atoms with Crippen LogP contribution in [0.15, 0.2) is 48.0 Å². The number of amides is 2. The highest BCUT2D eigenvalue weighted by molar-refractivity contribution is 6.40. The van der Waals surface area contributed by atoms with Crippen molar-refractivity contribution in [1.29, 1.82) is 0 Å². The Hall–Kier alpha value is -3.62. The molecule has 1 saturated heterocycles. The molecule has 204 valence electrons. The fourth-order valence-corrected chi connectivity index (χ4v) is 4.81. The van der Waals surface area contributed by atoms with E-state index in [1.165, 1.54) is 18.2 Å². The van der Waals surface area contributed by atoms with Crippen LogP contribution in [0.3, 0.4) is 0 Å². The third kappa shape index (κ3) is 5.87. The van der Waals surface area contributed by atoms with Crippen LogP contribution >= 0.6 is 23.2 Å². The van der Waals surface area contributed by atoms with Gasteiger partial charge < -0.3 is 9.47 Å². The zero-order valence-corrected chi connectivity index (χ0v) is 23.9. The summed E-state index contributed by atoms with van der Waals surface area (Å²) >= 11 is 12.9. The summed E-state index contributed by atoms with van der Waals surface area (Å²) in [6.07, 6.45) is 0.327. The SMILES string of the molecule is CC(C)(C)OC(=O)c1c(/C=C2\CC(=O)N(c3ccccc3)C2=O)c2c(Cl)cc(Cl)cc2n1C(=O)OC(C)(C)C. The molecule has 0 atom stereocenters. The summed E-state index contributed by atoms with van der Waals surface area (Å²) in [5.74, 6) is -1.83. The molecular formula is C29H28Cl2N2O6. The lowest BCUT2D eigenvalue weighted by Crippen LogP contribution is -2.31. The van der Waals surface area contributed by atoms with Gasteiger partial charge in [0.2, 0.25) is 5.91 Å². The summed E-state index contributed by atoms with van der Waals surface area (Å²) in [6.45, 7) is 10.1. The lowest BCUT2D eigenvalue weighted by Gasteiger charge is -2.23. The van der Waals surface area contributed by atoms with E-state index in [1.54, 1.807) is 71.9 Å². The number of carbonyl (C=O) groups is 4. The van der Waals surface area contributed by atoms with E-state index in [9.17, 15) is 19.2 Å². The normalized spacial score (nSPS) is 15.4. The Kier molecular flexibility index (Phi) is 7.40. The quantitative estimate of drug-likeness (QED) is 0.190. The van der Waals surface area contributed by atoms with Gasteiger partial charge in [-0.3, -0.25) is 9.59 Å². The molecule has 0 aliphatic carbocycles. The zero-order chi connectivity index (χ0) is 28.9. The number of ether oxygens (including phenoxy) is 2. The molecule has 1 aliphatic heterocycles. The third-order valence-electron chi connectivity index (χ3n) is 5.59. The number of halogens is 2. The van der Waals surface area contributed by atoms with Crippen LogP contribution < -0.4 is 4.90 Å². The molecule has 0 spiro atoms. The maximum absolute atomic E-state index is 13.6. The van der Waals surface area contributed by atoms with Crippen molar-refractivity contribution in [2.24, 2.45) is 0 Å². The summed E-state index contributed by atoms with van der Waals surface area (Å²) in [5, 5.41) is 0.624. The zero-order valence-electron chi connectivity index (χ0n) is 22.4. The molecule has 0 unspecified atom stereocenters. The van der Waals surface area contributed by atoms with Gasteiger partial charge in [-0.05, 0) is 71.9 Å². The molecule has 8 nitrogen and oxygen atoms in total. The largest absolute Gasteiger partial charge is 0.455 e. The topological polar surface area (TPSA) is 94.9 Å². The Bertz CT molecular complexity index is 1540. The van der Waals surface area contributed by atoms with Crippen LogP contribution in [0.2, 0.25) is 10.0 Å². The third-order valence-corrected chi connectivity index (χ3v) is 6.11. The monoisotopic (exact) mass is 570 g/mol. The summed E-state index contributed by atoms with van der Waals surface area (Å²) in [4.78, 5) is 54.5. The molecule has 39 heavy (non-hydrogen) atoms. The van der Waals surface area contributed by atoms with Gasteiger partial charge in [0.05, 0.1) is 22.6 Å². The molecule has 0 saturated carbocycles. The first-order chi connectivity index (χ1) is 18.1. The molecule has 0 N–H and O–H groups in total. The first-order valence-corrected chi connectivity index (χ1v) is 13.0. The minimum Gasteiger partial charge on any atom is -0.455 e. The van der Waals surface area contributed by atoms with Gasteiger partial charge in [0.1, 0.15) is 16.9 Å². The first kappa shape index (κ1) is 28.4. The van der Waals surface area contributed by atoms with E-state index in [1.807, 2.05) is 0 Å². The van der Waals surface area contributed by atoms with E-state index in [0.29, 0.717) is 5.69 Å². The van der Waals surface area contributed by atoms with E-state index in [-0.39, 0.29) is 44.2 Å². The van der Waals surface area contributed by atoms with Crippen molar-refractivity contribution in [3.63, 3.8) is 0 Å². The Balaban J connectivity index is 2.01. The number of nitrogens with zero attached hydrogens (tertiary/aromatic N) is 2. The van der Waals surface area contributed by atoms with Crippen LogP contribution in [0.4, 0.5) is 10.5 Å². The predicted octanol–water partition coefficient (Wildman–Crippen LogP) is 7.03. The maximum atomic E-state index is 13.6. The van der Waals surface area contributed by atoms with Gasteiger partial charge in [0.25, 0.3) is 5.91 Å². The van der Waals surface area contributed by atoms with Crippen molar-refractivity contribution in [1.82, 2.24) is 4.57 Å². The number of para-hydroxylation sites is 1. The van der Waals surface area contributed by atoms with Crippen molar-refractivity contribution in [2.75, 3.05) is 4.90 Å². The standard InChI is InChI=1S/C29H28Cl2N2O6/c1-28(2,3)38-26(36)24-19(12-16-13-22(34)32(25(16)35)18-10-8-7-9-11-18)23-20(31)14-17(30)15-21(23)33(24)27(37)39-29(4,5)6/h7-12,14-15H,13H2,1-6H3/b16-12+. The Morgan fingerprint density at radius 2 is 1.54 bits per heavy atom. The van der Waals surface area contributed by atoms with Crippen molar-refractivity contribution in [3.8, 4) is 0 Å². The Morgan fingerprint density at radius 1 is 0.923 bits per heavy atom. The van der Waals surface area contributed by atoms with E-state index in [0.717, 1.165) is 9.47 Å². The van der Waals surface area contributed by atoms with E-state index in [4.69, 9.17) is 32.7 Å². The number of imide groups is 1. The number of rotatable bonds is 3. The molecule has 10 heteroatoms. The van der Waals surface area contributed by atoms with E-state index >= 15 is 0 Å². The van der Waals surface area contributed by atoms with Crippen LogP contribution in [-0.2, 0) is 19.1 Å². The number of aromatic nitrogens is 1.